The zero-order chi connectivity index (χ0) is 24.9. The molecule has 0 spiro atoms. The molecule has 0 unspecified atom stereocenters. The van der Waals surface area contributed by atoms with E-state index in [0.29, 0.717) is 14.5 Å². The van der Waals surface area contributed by atoms with E-state index in [-0.39, 0.29) is 0 Å². The van der Waals surface area contributed by atoms with Gasteiger partial charge in [0.05, 0.1) is 0 Å². The van der Waals surface area contributed by atoms with Crippen LogP contribution in [-0.2, 0) is 20.3 Å². The van der Waals surface area contributed by atoms with Crippen LogP contribution >= 0.6 is 0 Å². The molecule has 37 heavy (non-hydrogen) atoms. The van der Waals surface area contributed by atoms with Crippen LogP contribution in [0.1, 0.15) is 29.5 Å². The fourth-order valence-electron chi connectivity index (χ4n) is 6.81. The van der Waals surface area contributed by atoms with Crippen LogP contribution in [0.4, 0.5) is 0 Å². The summed E-state index contributed by atoms with van der Waals surface area (Å²) in [5.41, 5.74) is 5.79. The number of allylic oxidation sites excluding steroid dienone is 8. The van der Waals surface area contributed by atoms with Gasteiger partial charge < -0.3 is 0 Å². The fraction of sp³-hybridized carbons (Fsp3) is 0.111. The summed E-state index contributed by atoms with van der Waals surface area (Å²) in [6.07, 6.45) is 19.2. The van der Waals surface area contributed by atoms with Gasteiger partial charge in [-0.1, -0.05) is 0 Å². The normalized spacial score (nSPS) is 15.4. The zero-order valence-corrected chi connectivity index (χ0v) is 23.4. The van der Waals surface area contributed by atoms with Crippen molar-refractivity contribution in [3.8, 4) is 0 Å². The Morgan fingerprint density at radius 3 is 0.838 bits per heavy atom. The molecule has 0 aliphatic heterocycles. The molecule has 0 saturated heterocycles. The van der Waals surface area contributed by atoms with Crippen LogP contribution in [0.15, 0.2) is 170 Å². The van der Waals surface area contributed by atoms with Crippen LogP contribution in [0.25, 0.3) is 0 Å². The Balaban J connectivity index is 1.74. The predicted octanol–water partition coefficient (Wildman–Crippen LogP) is 9.55. The van der Waals surface area contributed by atoms with Gasteiger partial charge in [0.25, 0.3) is 0 Å². The molecule has 2 aliphatic carbocycles. The monoisotopic (exact) mass is 554 g/mol. The molecule has 0 fully saturated rings. The van der Waals surface area contributed by atoms with E-state index in [2.05, 4.69) is 170 Å². The summed E-state index contributed by atoms with van der Waals surface area (Å²) in [6, 6.07) is 45.4. The first-order chi connectivity index (χ1) is 18.4. The van der Waals surface area contributed by atoms with Crippen molar-refractivity contribution in [2.24, 2.45) is 0 Å². The van der Waals surface area contributed by atoms with E-state index in [1.165, 1.54) is 22.3 Å². The molecule has 0 nitrogen and oxygen atoms in total. The summed E-state index contributed by atoms with van der Waals surface area (Å²) < 4.78 is 1.61. The maximum absolute atomic E-state index is 3.66. The summed E-state index contributed by atoms with van der Waals surface area (Å²) in [7, 11) is 0. The molecule has 0 bridgehead atoms. The van der Waals surface area contributed by atoms with E-state index >= 15 is 0 Å². The average Bonchev–Trinajstić information content (AvgIpc) is 3.71. The molecule has 0 atom stereocenters. The molecule has 1 heteroatoms. The Bertz CT molecular complexity index is 1200. The van der Waals surface area contributed by atoms with Crippen molar-refractivity contribution in [3.63, 3.8) is 0 Å². The van der Waals surface area contributed by atoms with Gasteiger partial charge in [-0.25, -0.2) is 0 Å². The van der Waals surface area contributed by atoms with Gasteiger partial charge in [-0.2, -0.15) is 0 Å². The minimum absolute atomic E-state index is 0.358. The van der Waals surface area contributed by atoms with Crippen molar-refractivity contribution in [1.82, 2.24) is 0 Å². The van der Waals surface area contributed by atoms with Crippen LogP contribution in [0.3, 0.4) is 0 Å². The molecule has 4 aromatic carbocycles. The molecular weight excluding hydrogens is 524 g/mol. The fourth-order valence-corrected chi connectivity index (χ4v) is 24.4. The summed E-state index contributed by atoms with van der Waals surface area (Å²) in [5, 5.41) is 0. The Labute approximate surface area is 225 Å². The molecule has 2 aliphatic rings. The van der Waals surface area contributed by atoms with Gasteiger partial charge >= 0.3 is 227 Å². The van der Waals surface area contributed by atoms with Crippen LogP contribution in [-0.4, -0.2) is 0 Å². The van der Waals surface area contributed by atoms with Crippen molar-refractivity contribution in [1.29, 1.82) is 0 Å². The summed E-state index contributed by atoms with van der Waals surface area (Å²) >= 11 is -3.66. The number of hydrogen-bond acceptors (Lipinski definition) is 0. The standard InChI is InChI=1S/2C13H11.2C5H5.Zr/c2*1-3-7-12(8-4-1)11-13-9-5-2-6-10-13;2*1-2-4-5-3-1;/h2*1-11H;2*1-5H;. The number of hydrogen-bond donors (Lipinski definition) is 0. The molecule has 180 valence electrons. The second-order valence-corrected chi connectivity index (χ2v) is 21.1. The van der Waals surface area contributed by atoms with Gasteiger partial charge in [-0.3, -0.25) is 0 Å². The summed E-state index contributed by atoms with van der Waals surface area (Å²) in [6.45, 7) is 0. The van der Waals surface area contributed by atoms with Crippen LogP contribution in [0.5, 0.6) is 0 Å². The van der Waals surface area contributed by atoms with Gasteiger partial charge in [0.1, 0.15) is 0 Å². The Kier molecular flexibility index (Phi) is 7.16. The van der Waals surface area contributed by atoms with E-state index in [4.69, 9.17) is 0 Å². The summed E-state index contributed by atoms with van der Waals surface area (Å²) in [4.78, 5) is 0. The van der Waals surface area contributed by atoms with Gasteiger partial charge in [0.15, 0.2) is 0 Å². The minimum atomic E-state index is -3.66. The van der Waals surface area contributed by atoms with Crippen LogP contribution < -0.4 is 0 Å². The zero-order valence-electron chi connectivity index (χ0n) is 21.0. The van der Waals surface area contributed by atoms with Crippen LogP contribution in [0.2, 0.25) is 7.25 Å². The first-order valence-electron chi connectivity index (χ1n) is 13.3. The first kappa shape index (κ1) is 24.1. The van der Waals surface area contributed by atoms with Crippen molar-refractivity contribution >= 4 is 0 Å². The van der Waals surface area contributed by atoms with Gasteiger partial charge in [0, 0.05) is 0 Å². The van der Waals surface area contributed by atoms with E-state index in [9.17, 15) is 0 Å². The van der Waals surface area contributed by atoms with Gasteiger partial charge in [-0.15, -0.1) is 0 Å². The average molecular weight is 556 g/mol. The second kappa shape index (κ2) is 11.0. The SMILES string of the molecule is C1=C[CH]([Zr]([CH]2C=CC=C2)([CH](c2ccccc2)c2ccccc2)[CH](c2ccccc2)c2ccccc2)C=C1. The Hall–Kier alpha value is -3.28. The third-order valence-electron chi connectivity index (χ3n) is 8.18. The molecule has 0 radical (unpaired) electrons. The molecule has 6 rings (SSSR count). The molecule has 0 amide bonds. The topological polar surface area (TPSA) is 0 Å². The van der Waals surface area contributed by atoms with E-state index in [1.807, 2.05) is 0 Å². The third-order valence-corrected chi connectivity index (χ3v) is 23.9. The van der Waals surface area contributed by atoms with Gasteiger partial charge in [-0.05, 0) is 0 Å². The summed E-state index contributed by atoms with van der Waals surface area (Å²) in [5.74, 6) is 0. The molecular formula is C36H32Zr. The van der Waals surface area contributed by atoms with Crippen LogP contribution in [0, 0.1) is 0 Å². The van der Waals surface area contributed by atoms with E-state index in [0.717, 1.165) is 0 Å². The Morgan fingerprint density at radius 1 is 0.351 bits per heavy atom. The van der Waals surface area contributed by atoms with E-state index < -0.39 is 20.3 Å². The number of benzene rings is 4. The van der Waals surface area contributed by atoms with Gasteiger partial charge in [0.2, 0.25) is 0 Å². The molecule has 0 saturated carbocycles. The second-order valence-electron chi connectivity index (χ2n) is 10.1. The molecule has 0 N–H and O–H groups in total. The van der Waals surface area contributed by atoms with Crippen molar-refractivity contribution in [2.75, 3.05) is 0 Å². The van der Waals surface area contributed by atoms with E-state index in [1.54, 1.807) is 0 Å². The van der Waals surface area contributed by atoms with Crippen molar-refractivity contribution in [2.45, 2.75) is 14.5 Å². The van der Waals surface area contributed by atoms with Crippen molar-refractivity contribution < 1.29 is 20.3 Å². The molecule has 4 aromatic rings. The predicted molar refractivity (Wildman–Crippen MR) is 154 cm³/mol. The first-order valence-corrected chi connectivity index (χ1v) is 19.0. The molecule has 0 heterocycles. The molecule has 0 aromatic heterocycles. The third kappa shape index (κ3) is 4.51. The number of rotatable bonds is 8. The quantitative estimate of drug-likeness (QED) is 0.203. The maximum atomic E-state index is 2.52. The van der Waals surface area contributed by atoms with Crippen molar-refractivity contribution in [3.05, 3.63) is 192 Å². The Morgan fingerprint density at radius 2 is 0.595 bits per heavy atom.